The highest BCUT2D eigenvalue weighted by atomic mass is 19.1. The molecule has 2 heterocycles. The lowest BCUT2D eigenvalue weighted by Crippen LogP contribution is -2.30. The number of rotatable bonds is 9. The van der Waals surface area contributed by atoms with Gasteiger partial charge in [-0.3, -0.25) is 9.48 Å². The Morgan fingerprint density at radius 1 is 1.29 bits per heavy atom. The van der Waals surface area contributed by atoms with Crippen molar-refractivity contribution in [2.45, 2.75) is 13.3 Å². The van der Waals surface area contributed by atoms with Gasteiger partial charge >= 0.3 is 0 Å². The molecule has 9 heteroatoms. The smallest absolute Gasteiger partial charge is 0.255 e. The Kier molecular flexibility index (Phi) is 7.30. The average Bonchev–Trinajstić information content (AvgIpc) is 3.18. The molecule has 7 nitrogen and oxygen atoms in total. The molecule has 164 valence electrons. The molecule has 0 aliphatic carbocycles. The van der Waals surface area contributed by atoms with Gasteiger partial charge in [-0.05, 0) is 36.1 Å². The van der Waals surface area contributed by atoms with E-state index < -0.39 is 11.7 Å². The first-order chi connectivity index (χ1) is 14.9. The number of nitrogens with zero attached hydrogens (tertiary/aromatic N) is 3. The topological polar surface area (TPSA) is 92.1 Å². The number of aliphatic hydroxyl groups excluding tert-OH is 1. The monoisotopic (exact) mass is 429 g/mol. The van der Waals surface area contributed by atoms with Crippen molar-refractivity contribution in [3.63, 3.8) is 0 Å². The van der Waals surface area contributed by atoms with Crippen molar-refractivity contribution in [2.75, 3.05) is 25.0 Å². The summed E-state index contributed by atoms with van der Waals surface area (Å²) in [6, 6.07) is 7.37. The number of aliphatic hydroxyl groups is 1. The number of anilines is 1. The molecule has 0 saturated heterocycles. The lowest BCUT2D eigenvalue weighted by Gasteiger charge is -2.15. The maximum atomic E-state index is 14.8. The fourth-order valence-corrected chi connectivity index (χ4v) is 2.99. The third-order valence-corrected chi connectivity index (χ3v) is 4.72. The van der Waals surface area contributed by atoms with E-state index in [-0.39, 0.29) is 42.0 Å². The van der Waals surface area contributed by atoms with Crippen LogP contribution in [-0.2, 0) is 13.5 Å². The van der Waals surface area contributed by atoms with E-state index >= 15 is 0 Å². The zero-order valence-electron chi connectivity index (χ0n) is 17.4. The van der Waals surface area contributed by atoms with Gasteiger partial charge in [-0.25, -0.2) is 13.8 Å². The Labute approximate surface area is 179 Å². The first-order valence-corrected chi connectivity index (χ1v) is 9.94. The molecule has 0 radical (unpaired) electrons. The van der Waals surface area contributed by atoms with E-state index in [0.717, 1.165) is 11.6 Å². The van der Waals surface area contributed by atoms with E-state index in [9.17, 15) is 13.6 Å². The summed E-state index contributed by atoms with van der Waals surface area (Å²) < 4.78 is 29.7. The molecule has 0 saturated carbocycles. The van der Waals surface area contributed by atoms with Crippen LogP contribution in [-0.4, -0.2) is 45.5 Å². The Bertz CT molecular complexity index is 1050. The summed E-state index contributed by atoms with van der Waals surface area (Å²) in [5.74, 6) is -1.40. The van der Waals surface area contributed by atoms with Gasteiger partial charge < -0.3 is 15.7 Å². The first-order valence-electron chi connectivity index (χ1n) is 9.94. The van der Waals surface area contributed by atoms with E-state index in [2.05, 4.69) is 20.7 Å². The third-order valence-electron chi connectivity index (χ3n) is 4.72. The molecular formula is C22H25F2N5O2. The van der Waals surface area contributed by atoms with Crippen molar-refractivity contribution in [1.29, 1.82) is 0 Å². The number of benzene rings is 1. The summed E-state index contributed by atoms with van der Waals surface area (Å²) in [6.07, 6.45) is 3.61. The number of pyridine rings is 1. The standard InChI is InChI=1S/C22H25F2N5O2/c1-14(13-30)10-26-22(31)18-9-19(24)20(16-11-27-29(2)12-16)28-21(18)25-7-6-15-4-3-5-17(23)8-15/h3-5,8-9,11-12,14,30H,6-7,10,13H2,1-2H3,(H,25,28)(H,26,31)/t14-/m1/s1. The third kappa shape index (κ3) is 5.85. The van der Waals surface area contributed by atoms with Gasteiger partial charge in [0.1, 0.15) is 17.3 Å². The fourth-order valence-electron chi connectivity index (χ4n) is 2.99. The molecule has 0 unspecified atom stereocenters. The fraction of sp³-hybridized carbons (Fsp3) is 0.318. The average molecular weight is 429 g/mol. The van der Waals surface area contributed by atoms with Crippen LogP contribution in [0, 0.1) is 17.6 Å². The summed E-state index contributed by atoms with van der Waals surface area (Å²) in [5.41, 5.74) is 1.38. The van der Waals surface area contributed by atoms with Crippen LogP contribution in [0.5, 0.6) is 0 Å². The van der Waals surface area contributed by atoms with Crippen LogP contribution in [0.1, 0.15) is 22.8 Å². The van der Waals surface area contributed by atoms with Gasteiger partial charge in [-0.1, -0.05) is 19.1 Å². The summed E-state index contributed by atoms with van der Waals surface area (Å²) in [4.78, 5) is 17.0. The largest absolute Gasteiger partial charge is 0.396 e. The van der Waals surface area contributed by atoms with Crippen LogP contribution in [0.3, 0.4) is 0 Å². The molecule has 1 aromatic carbocycles. The van der Waals surface area contributed by atoms with Crippen molar-refractivity contribution in [2.24, 2.45) is 13.0 Å². The number of amides is 1. The molecule has 2 aromatic heterocycles. The second-order valence-electron chi connectivity index (χ2n) is 7.42. The number of hydrogen-bond donors (Lipinski definition) is 3. The number of carbonyl (C=O) groups excluding carboxylic acids is 1. The molecule has 0 spiro atoms. The molecule has 0 fully saturated rings. The van der Waals surface area contributed by atoms with Gasteiger partial charge in [-0.2, -0.15) is 5.10 Å². The molecule has 0 bridgehead atoms. The number of carbonyl (C=O) groups is 1. The van der Waals surface area contributed by atoms with Gasteiger partial charge in [0, 0.05) is 38.5 Å². The van der Waals surface area contributed by atoms with Crippen molar-refractivity contribution in [1.82, 2.24) is 20.1 Å². The second-order valence-corrected chi connectivity index (χ2v) is 7.42. The number of nitrogens with one attached hydrogen (secondary N) is 2. The molecular weight excluding hydrogens is 404 g/mol. The maximum Gasteiger partial charge on any atom is 0.255 e. The molecule has 1 amide bonds. The van der Waals surface area contributed by atoms with Gasteiger partial charge in [0.25, 0.3) is 5.91 Å². The normalized spacial score (nSPS) is 11.9. The van der Waals surface area contributed by atoms with E-state index in [0.29, 0.717) is 18.5 Å². The number of aryl methyl sites for hydroxylation is 1. The van der Waals surface area contributed by atoms with E-state index in [1.165, 1.54) is 23.0 Å². The van der Waals surface area contributed by atoms with Crippen LogP contribution < -0.4 is 10.6 Å². The Balaban J connectivity index is 1.85. The van der Waals surface area contributed by atoms with Gasteiger partial charge in [0.05, 0.1) is 11.8 Å². The molecule has 31 heavy (non-hydrogen) atoms. The highest BCUT2D eigenvalue weighted by Crippen LogP contribution is 2.25. The van der Waals surface area contributed by atoms with Gasteiger partial charge in [0.2, 0.25) is 0 Å². The summed E-state index contributed by atoms with van der Waals surface area (Å²) >= 11 is 0. The zero-order valence-corrected chi connectivity index (χ0v) is 17.4. The second kappa shape index (κ2) is 10.1. The molecule has 0 aliphatic rings. The number of hydrogen-bond acceptors (Lipinski definition) is 5. The molecule has 1 atom stereocenters. The Morgan fingerprint density at radius 3 is 2.77 bits per heavy atom. The highest BCUT2D eigenvalue weighted by molar-refractivity contribution is 5.99. The maximum absolute atomic E-state index is 14.8. The first kappa shape index (κ1) is 22.4. The predicted octanol–water partition coefficient (Wildman–Crippen LogP) is 2.77. The summed E-state index contributed by atoms with van der Waals surface area (Å²) in [7, 11) is 1.71. The number of halogens is 2. The lowest BCUT2D eigenvalue weighted by atomic mass is 10.1. The van der Waals surface area contributed by atoms with E-state index in [1.807, 2.05) is 0 Å². The zero-order chi connectivity index (χ0) is 22.4. The van der Waals surface area contributed by atoms with Crippen LogP contribution in [0.15, 0.2) is 42.7 Å². The predicted molar refractivity (Wildman–Crippen MR) is 114 cm³/mol. The van der Waals surface area contributed by atoms with Crippen LogP contribution >= 0.6 is 0 Å². The Morgan fingerprint density at radius 2 is 2.10 bits per heavy atom. The molecule has 3 rings (SSSR count). The highest BCUT2D eigenvalue weighted by Gasteiger charge is 2.19. The van der Waals surface area contributed by atoms with Crippen molar-refractivity contribution >= 4 is 11.7 Å². The number of aromatic nitrogens is 3. The van der Waals surface area contributed by atoms with Crippen molar-refractivity contribution in [3.8, 4) is 11.3 Å². The van der Waals surface area contributed by atoms with Crippen molar-refractivity contribution < 1.29 is 18.7 Å². The molecule has 3 aromatic rings. The van der Waals surface area contributed by atoms with E-state index in [1.54, 1.807) is 32.3 Å². The molecule has 3 N–H and O–H groups in total. The SMILES string of the molecule is C[C@@H](CO)CNC(=O)c1cc(F)c(-c2cnn(C)c2)nc1NCCc1cccc(F)c1. The van der Waals surface area contributed by atoms with Crippen LogP contribution in [0.4, 0.5) is 14.6 Å². The summed E-state index contributed by atoms with van der Waals surface area (Å²) in [5, 5.41) is 19.0. The Hall–Kier alpha value is -3.33. The van der Waals surface area contributed by atoms with Crippen LogP contribution in [0.25, 0.3) is 11.3 Å². The van der Waals surface area contributed by atoms with Crippen LogP contribution in [0.2, 0.25) is 0 Å². The van der Waals surface area contributed by atoms with E-state index in [4.69, 9.17) is 5.11 Å². The molecule has 0 aliphatic heterocycles. The lowest BCUT2D eigenvalue weighted by molar-refractivity contribution is 0.0942. The van der Waals surface area contributed by atoms with Crippen molar-refractivity contribution in [3.05, 3.63) is 65.5 Å². The minimum atomic E-state index is -0.649. The summed E-state index contributed by atoms with van der Waals surface area (Å²) in [6.45, 7) is 2.31. The quantitative estimate of drug-likeness (QED) is 0.487. The minimum Gasteiger partial charge on any atom is -0.396 e. The van der Waals surface area contributed by atoms with Gasteiger partial charge in [-0.15, -0.1) is 0 Å². The van der Waals surface area contributed by atoms with Gasteiger partial charge in [0.15, 0.2) is 5.82 Å². The minimum absolute atomic E-state index is 0.0505.